The van der Waals surface area contributed by atoms with E-state index in [1.54, 1.807) is 0 Å². The summed E-state index contributed by atoms with van der Waals surface area (Å²) in [6.45, 7) is 3.08. The Morgan fingerprint density at radius 3 is 2.67 bits per heavy atom. The smallest absolute Gasteiger partial charge is 0.226 e. The van der Waals surface area contributed by atoms with Gasteiger partial charge in [0.05, 0.1) is 0 Å². The molecule has 0 spiro atoms. The number of hydrogen-bond donors (Lipinski definition) is 1. The summed E-state index contributed by atoms with van der Waals surface area (Å²) in [5.41, 5.74) is 8.98. The maximum Gasteiger partial charge on any atom is 0.226 e. The van der Waals surface area contributed by atoms with Crippen LogP contribution in [0.15, 0.2) is 18.2 Å². The van der Waals surface area contributed by atoms with Crippen molar-refractivity contribution in [2.75, 3.05) is 17.2 Å². The topological polar surface area (TPSA) is 46.3 Å². The molecule has 3 heteroatoms. The second-order valence-corrected chi connectivity index (χ2v) is 6.05. The number of fused-ring (bicyclic) bond motifs is 1. The fraction of sp³-hybridized carbons (Fsp3) is 0.611. The lowest BCUT2D eigenvalue weighted by Crippen LogP contribution is -2.31. The molecule has 0 aliphatic carbocycles. The van der Waals surface area contributed by atoms with E-state index in [4.69, 9.17) is 5.73 Å². The lowest BCUT2D eigenvalue weighted by molar-refractivity contribution is -0.118. The maximum atomic E-state index is 12.3. The van der Waals surface area contributed by atoms with Crippen molar-refractivity contribution in [1.82, 2.24) is 0 Å². The molecule has 0 fully saturated rings. The van der Waals surface area contributed by atoms with Crippen molar-refractivity contribution in [3.8, 4) is 0 Å². The van der Waals surface area contributed by atoms with Gasteiger partial charge in [-0.05, 0) is 43.0 Å². The van der Waals surface area contributed by atoms with Gasteiger partial charge in [-0.25, -0.2) is 0 Å². The summed E-state index contributed by atoms with van der Waals surface area (Å²) < 4.78 is 0. The first kappa shape index (κ1) is 15.9. The van der Waals surface area contributed by atoms with Crippen molar-refractivity contribution >= 4 is 17.3 Å². The number of benzene rings is 1. The predicted molar refractivity (Wildman–Crippen MR) is 89.5 cm³/mol. The van der Waals surface area contributed by atoms with Crippen LogP contribution in [0.25, 0.3) is 0 Å². The van der Waals surface area contributed by atoms with Crippen LogP contribution in [0.3, 0.4) is 0 Å². The second-order valence-electron chi connectivity index (χ2n) is 6.05. The summed E-state index contributed by atoms with van der Waals surface area (Å²) in [5.74, 6) is 0.270. The summed E-state index contributed by atoms with van der Waals surface area (Å²) in [5, 5.41) is 0. The Kier molecular flexibility index (Phi) is 6.09. The molecule has 0 saturated carbocycles. The fourth-order valence-electron chi connectivity index (χ4n) is 3.06. The lowest BCUT2D eigenvalue weighted by Gasteiger charge is -2.23. The SMILES string of the molecule is CCCCCCCCN1C(=O)CCCc2cc(N)ccc21. The molecule has 2 rings (SSSR count). The highest BCUT2D eigenvalue weighted by molar-refractivity contribution is 5.95. The average Bonchev–Trinajstić information content (AvgIpc) is 2.61. The van der Waals surface area contributed by atoms with Gasteiger partial charge in [-0.1, -0.05) is 39.0 Å². The Hall–Kier alpha value is -1.51. The van der Waals surface area contributed by atoms with Crippen molar-refractivity contribution in [2.24, 2.45) is 0 Å². The van der Waals surface area contributed by atoms with E-state index < -0.39 is 0 Å². The maximum absolute atomic E-state index is 12.3. The first-order valence-corrected chi connectivity index (χ1v) is 8.41. The number of carbonyl (C=O) groups is 1. The van der Waals surface area contributed by atoms with Crippen molar-refractivity contribution in [3.63, 3.8) is 0 Å². The van der Waals surface area contributed by atoms with E-state index in [1.807, 2.05) is 23.1 Å². The number of carbonyl (C=O) groups excluding carboxylic acids is 1. The van der Waals surface area contributed by atoms with Crippen LogP contribution in [0.2, 0.25) is 0 Å². The summed E-state index contributed by atoms with van der Waals surface area (Å²) in [6.07, 6.45) is 10.1. The van der Waals surface area contributed by atoms with Crippen molar-refractivity contribution in [2.45, 2.75) is 64.7 Å². The monoisotopic (exact) mass is 288 g/mol. The Balaban J connectivity index is 1.95. The van der Waals surface area contributed by atoms with Crippen LogP contribution in [0, 0.1) is 0 Å². The zero-order valence-electron chi connectivity index (χ0n) is 13.2. The number of unbranched alkanes of at least 4 members (excludes halogenated alkanes) is 5. The van der Waals surface area contributed by atoms with E-state index in [-0.39, 0.29) is 5.91 Å². The molecule has 3 nitrogen and oxygen atoms in total. The Bertz CT molecular complexity index is 470. The van der Waals surface area contributed by atoms with E-state index in [2.05, 4.69) is 6.92 Å². The minimum Gasteiger partial charge on any atom is -0.399 e. The minimum atomic E-state index is 0.270. The van der Waals surface area contributed by atoms with E-state index in [0.717, 1.165) is 37.2 Å². The first-order chi connectivity index (χ1) is 10.2. The van der Waals surface area contributed by atoms with Gasteiger partial charge in [-0.15, -0.1) is 0 Å². The van der Waals surface area contributed by atoms with E-state index in [9.17, 15) is 4.79 Å². The molecular formula is C18H28N2O. The molecule has 1 aliphatic heterocycles. The Labute approximate surface area is 128 Å². The highest BCUT2D eigenvalue weighted by atomic mass is 16.2. The normalized spacial score (nSPS) is 14.9. The van der Waals surface area contributed by atoms with Gasteiger partial charge < -0.3 is 10.6 Å². The first-order valence-electron chi connectivity index (χ1n) is 8.41. The van der Waals surface area contributed by atoms with Gasteiger partial charge in [0.1, 0.15) is 0 Å². The molecule has 1 amide bonds. The van der Waals surface area contributed by atoms with Crippen molar-refractivity contribution in [1.29, 1.82) is 0 Å². The molecule has 116 valence electrons. The quantitative estimate of drug-likeness (QED) is 0.600. The molecule has 1 heterocycles. The number of anilines is 2. The molecule has 0 radical (unpaired) electrons. The van der Waals surface area contributed by atoms with Crippen LogP contribution in [0.4, 0.5) is 11.4 Å². The number of hydrogen-bond acceptors (Lipinski definition) is 2. The van der Waals surface area contributed by atoms with Crippen molar-refractivity contribution in [3.05, 3.63) is 23.8 Å². The zero-order valence-corrected chi connectivity index (χ0v) is 13.2. The summed E-state index contributed by atoms with van der Waals surface area (Å²) >= 11 is 0. The molecule has 2 N–H and O–H groups in total. The lowest BCUT2D eigenvalue weighted by atomic mass is 10.1. The molecule has 1 aliphatic rings. The van der Waals surface area contributed by atoms with Crippen LogP contribution < -0.4 is 10.6 Å². The van der Waals surface area contributed by atoms with Crippen LogP contribution in [0.5, 0.6) is 0 Å². The second kappa shape index (κ2) is 8.06. The molecular weight excluding hydrogens is 260 g/mol. The van der Waals surface area contributed by atoms with Gasteiger partial charge >= 0.3 is 0 Å². The number of nitrogen functional groups attached to an aromatic ring is 1. The number of nitrogens with zero attached hydrogens (tertiary/aromatic N) is 1. The third-order valence-corrected chi connectivity index (χ3v) is 4.27. The van der Waals surface area contributed by atoms with Crippen molar-refractivity contribution < 1.29 is 4.79 Å². The predicted octanol–water partition coefficient (Wildman–Crippen LogP) is 4.30. The highest BCUT2D eigenvalue weighted by Gasteiger charge is 2.21. The molecule has 0 saturated heterocycles. The van der Waals surface area contributed by atoms with Crippen LogP contribution >= 0.6 is 0 Å². The van der Waals surface area contributed by atoms with Gasteiger partial charge in [0, 0.05) is 24.3 Å². The Morgan fingerprint density at radius 1 is 1.10 bits per heavy atom. The fourth-order valence-corrected chi connectivity index (χ4v) is 3.06. The van der Waals surface area contributed by atoms with E-state index in [0.29, 0.717) is 6.42 Å². The molecule has 1 aromatic rings. The standard InChI is InChI=1S/C18H28N2O/c1-2-3-4-5-6-7-13-20-17-12-11-16(19)14-15(17)9-8-10-18(20)21/h11-12,14H,2-10,13,19H2,1H3. The van der Waals surface area contributed by atoms with Gasteiger partial charge in [-0.3, -0.25) is 4.79 Å². The Morgan fingerprint density at radius 2 is 1.86 bits per heavy atom. The third-order valence-electron chi connectivity index (χ3n) is 4.27. The summed E-state index contributed by atoms with van der Waals surface area (Å²) in [4.78, 5) is 14.3. The van der Waals surface area contributed by atoms with Gasteiger partial charge in [0.25, 0.3) is 0 Å². The molecule has 21 heavy (non-hydrogen) atoms. The van der Waals surface area contributed by atoms with Gasteiger partial charge in [-0.2, -0.15) is 0 Å². The van der Waals surface area contributed by atoms with Crippen LogP contribution in [-0.4, -0.2) is 12.5 Å². The third kappa shape index (κ3) is 4.48. The minimum absolute atomic E-state index is 0.270. The summed E-state index contributed by atoms with van der Waals surface area (Å²) in [7, 11) is 0. The average molecular weight is 288 g/mol. The van der Waals surface area contributed by atoms with E-state index in [1.165, 1.54) is 37.7 Å². The number of aryl methyl sites for hydroxylation is 1. The summed E-state index contributed by atoms with van der Waals surface area (Å²) in [6, 6.07) is 5.96. The number of nitrogens with two attached hydrogens (primary N) is 1. The molecule has 0 unspecified atom stereocenters. The van der Waals surface area contributed by atoms with Gasteiger partial charge in [0.15, 0.2) is 0 Å². The van der Waals surface area contributed by atoms with E-state index >= 15 is 0 Å². The molecule has 0 atom stereocenters. The van der Waals surface area contributed by atoms with Gasteiger partial charge in [0.2, 0.25) is 5.91 Å². The number of amides is 1. The largest absolute Gasteiger partial charge is 0.399 e. The molecule has 0 aromatic heterocycles. The molecule has 1 aromatic carbocycles. The zero-order chi connectivity index (χ0) is 15.1. The van der Waals surface area contributed by atoms with Crippen LogP contribution in [0.1, 0.15) is 63.9 Å². The number of rotatable bonds is 7. The molecule has 0 bridgehead atoms. The highest BCUT2D eigenvalue weighted by Crippen LogP contribution is 2.29. The van der Waals surface area contributed by atoms with Crippen LogP contribution in [-0.2, 0) is 11.2 Å².